The Morgan fingerprint density at radius 2 is 2.00 bits per heavy atom. The van der Waals surface area contributed by atoms with Crippen LogP contribution in [0.15, 0.2) is 30.6 Å². The molecule has 0 aliphatic rings. The third kappa shape index (κ3) is 2.76. The van der Waals surface area contributed by atoms with E-state index in [0.717, 1.165) is 6.42 Å². The molecule has 7 heteroatoms. The molecule has 0 atom stereocenters. The molecule has 2 aromatic rings. The van der Waals surface area contributed by atoms with Gasteiger partial charge >= 0.3 is 5.69 Å². The van der Waals surface area contributed by atoms with Crippen LogP contribution in [0.25, 0.3) is 0 Å². The highest BCUT2D eigenvalue weighted by atomic mass is 16.6. The SMILES string of the molecule is CCc1ccc(Nc2ncnc(N)c2[N+](=O)[O-])cc1. The monoisotopic (exact) mass is 259 g/mol. The average molecular weight is 259 g/mol. The summed E-state index contributed by atoms with van der Waals surface area (Å²) < 4.78 is 0. The van der Waals surface area contributed by atoms with Gasteiger partial charge in [0.25, 0.3) is 0 Å². The van der Waals surface area contributed by atoms with E-state index < -0.39 is 4.92 Å². The van der Waals surface area contributed by atoms with Crippen LogP contribution in [0.3, 0.4) is 0 Å². The quantitative estimate of drug-likeness (QED) is 0.644. The Hall–Kier alpha value is -2.70. The molecule has 0 saturated heterocycles. The minimum Gasteiger partial charge on any atom is -0.378 e. The maximum Gasteiger partial charge on any atom is 0.353 e. The number of nitro groups is 1. The van der Waals surface area contributed by atoms with Crippen molar-refractivity contribution in [2.24, 2.45) is 0 Å². The Balaban J connectivity index is 2.32. The van der Waals surface area contributed by atoms with Gasteiger partial charge in [-0.1, -0.05) is 19.1 Å². The molecule has 19 heavy (non-hydrogen) atoms. The van der Waals surface area contributed by atoms with Gasteiger partial charge in [0.15, 0.2) is 0 Å². The molecule has 0 aliphatic heterocycles. The Morgan fingerprint density at radius 3 is 2.58 bits per heavy atom. The van der Waals surface area contributed by atoms with Gasteiger partial charge in [0.2, 0.25) is 11.6 Å². The second-order valence-corrected chi connectivity index (χ2v) is 3.89. The molecule has 0 saturated carbocycles. The number of anilines is 3. The highest BCUT2D eigenvalue weighted by molar-refractivity contribution is 5.72. The molecule has 0 aliphatic carbocycles. The van der Waals surface area contributed by atoms with E-state index in [9.17, 15) is 10.1 Å². The Labute approximate surface area is 109 Å². The van der Waals surface area contributed by atoms with Gasteiger partial charge in [-0.05, 0) is 24.1 Å². The van der Waals surface area contributed by atoms with Gasteiger partial charge in [0, 0.05) is 5.69 Å². The van der Waals surface area contributed by atoms with Gasteiger partial charge in [-0.3, -0.25) is 10.1 Å². The van der Waals surface area contributed by atoms with Crippen LogP contribution in [-0.4, -0.2) is 14.9 Å². The van der Waals surface area contributed by atoms with E-state index in [2.05, 4.69) is 22.2 Å². The summed E-state index contributed by atoms with van der Waals surface area (Å²) >= 11 is 0. The van der Waals surface area contributed by atoms with Gasteiger partial charge in [-0.2, -0.15) is 0 Å². The van der Waals surface area contributed by atoms with Crippen LogP contribution in [0.4, 0.5) is 23.0 Å². The number of aryl methyl sites for hydroxylation is 1. The Bertz CT molecular complexity index is 598. The van der Waals surface area contributed by atoms with Crippen molar-refractivity contribution in [3.05, 3.63) is 46.3 Å². The molecule has 0 spiro atoms. The molecule has 1 aromatic heterocycles. The van der Waals surface area contributed by atoms with Crippen molar-refractivity contribution in [2.45, 2.75) is 13.3 Å². The molecule has 1 aromatic carbocycles. The van der Waals surface area contributed by atoms with Crippen molar-refractivity contribution in [2.75, 3.05) is 11.1 Å². The van der Waals surface area contributed by atoms with Gasteiger partial charge < -0.3 is 11.1 Å². The van der Waals surface area contributed by atoms with E-state index in [1.165, 1.54) is 11.9 Å². The number of nitrogen functional groups attached to an aromatic ring is 1. The zero-order chi connectivity index (χ0) is 13.8. The number of hydrogen-bond acceptors (Lipinski definition) is 6. The second kappa shape index (κ2) is 5.30. The molecule has 7 nitrogen and oxygen atoms in total. The predicted octanol–water partition coefficient (Wildman–Crippen LogP) is 2.27. The Kier molecular flexibility index (Phi) is 3.56. The summed E-state index contributed by atoms with van der Waals surface area (Å²) in [5, 5.41) is 13.8. The number of nitrogens with zero attached hydrogens (tertiary/aromatic N) is 3. The van der Waals surface area contributed by atoms with Gasteiger partial charge in [-0.15, -0.1) is 0 Å². The van der Waals surface area contributed by atoms with E-state index in [4.69, 9.17) is 5.73 Å². The largest absolute Gasteiger partial charge is 0.378 e. The normalized spacial score (nSPS) is 10.2. The first kappa shape index (κ1) is 12.7. The molecule has 0 bridgehead atoms. The fraction of sp³-hybridized carbons (Fsp3) is 0.167. The highest BCUT2D eigenvalue weighted by Gasteiger charge is 2.20. The van der Waals surface area contributed by atoms with Crippen molar-refractivity contribution >= 4 is 23.0 Å². The molecule has 98 valence electrons. The third-order valence-electron chi connectivity index (χ3n) is 2.66. The molecule has 0 fully saturated rings. The standard InChI is InChI=1S/C12H13N5O2/c1-2-8-3-5-9(6-4-8)16-12-10(17(18)19)11(13)14-7-15-12/h3-7H,2H2,1H3,(H3,13,14,15,16). The van der Waals surface area contributed by atoms with Crippen LogP contribution in [-0.2, 0) is 6.42 Å². The summed E-state index contributed by atoms with van der Waals surface area (Å²) in [4.78, 5) is 17.8. The van der Waals surface area contributed by atoms with E-state index >= 15 is 0 Å². The fourth-order valence-corrected chi connectivity index (χ4v) is 1.62. The van der Waals surface area contributed by atoms with Gasteiger partial charge in [-0.25, -0.2) is 9.97 Å². The van der Waals surface area contributed by atoms with Crippen LogP contribution in [0.2, 0.25) is 0 Å². The van der Waals surface area contributed by atoms with E-state index in [-0.39, 0.29) is 17.3 Å². The van der Waals surface area contributed by atoms with Crippen LogP contribution >= 0.6 is 0 Å². The molecule has 1 heterocycles. The molecule has 2 rings (SSSR count). The summed E-state index contributed by atoms with van der Waals surface area (Å²) in [5.74, 6) is -0.0746. The van der Waals surface area contributed by atoms with E-state index in [1.807, 2.05) is 24.3 Å². The highest BCUT2D eigenvalue weighted by Crippen LogP contribution is 2.28. The maximum absolute atomic E-state index is 10.9. The molecule has 0 unspecified atom stereocenters. The number of nitrogens with two attached hydrogens (primary N) is 1. The zero-order valence-corrected chi connectivity index (χ0v) is 10.3. The minimum absolute atomic E-state index is 0.0850. The number of hydrogen-bond donors (Lipinski definition) is 2. The second-order valence-electron chi connectivity index (χ2n) is 3.89. The topological polar surface area (TPSA) is 107 Å². The first-order valence-corrected chi connectivity index (χ1v) is 5.72. The number of benzene rings is 1. The molecule has 0 radical (unpaired) electrons. The number of rotatable bonds is 4. The summed E-state index contributed by atoms with van der Waals surface area (Å²) in [6.07, 6.45) is 2.12. The smallest absolute Gasteiger partial charge is 0.353 e. The minimum atomic E-state index is -0.599. The van der Waals surface area contributed by atoms with E-state index in [1.54, 1.807) is 0 Å². The summed E-state index contributed by atoms with van der Waals surface area (Å²) in [5.41, 5.74) is 7.06. The lowest BCUT2D eigenvalue weighted by molar-refractivity contribution is -0.383. The lowest BCUT2D eigenvalue weighted by Gasteiger charge is -2.07. The molecular weight excluding hydrogens is 246 g/mol. The fourth-order valence-electron chi connectivity index (χ4n) is 1.62. The third-order valence-corrected chi connectivity index (χ3v) is 2.66. The summed E-state index contributed by atoms with van der Waals surface area (Å²) in [6, 6.07) is 7.55. The van der Waals surface area contributed by atoms with Gasteiger partial charge in [0.1, 0.15) is 6.33 Å². The number of nitrogens with one attached hydrogen (secondary N) is 1. The van der Waals surface area contributed by atoms with Crippen molar-refractivity contribution in [3.63, 3.8) is 0 Å². The average Bonchev–Trinajstić information content (AvgIpc) is 2.39. The lowest BCUT2D eigenvalue weighted by atomic mass is 10.1. The zero-order valence-electron chi connectivity index (χ0n) is 10.3. The molecule has 3 N–H and O–H groups in total. The van der Waals surface area contributed by atoms with Crippen LogP contribution in [0.5, 0.6) is 0 Å². The predicted molar refractivity (Wildman–Crippen MR) is 72.2 cm³/mol. The van der Waals surface area contributed by atoms with Crippen LogP contribution < -0.4 is 11.1 Å². The molecular formula is C12H13N5O2. The lowest BCUT2D eigenvalue weighted by Crippen LogP contribution is -2.04. The maximum atomic E-state index is 10.9. The summed E-state index contributed by atoms with van der Waals surface area (Å²) in [6.45, 7) is 2.05. The first-order valence-electron chi connectivity index (χ1n) is 5.72. The van der Waals surface area contributed by atoms with Crippen molar-refractivity contribution < 1.29 is 4.92 Å². The van der Waals surface area contributed by atoms with Gasteiger partial charge in [0.05, 0.1) is 4.92 Å². The van der Waals surface area contributed by atoms with Crippen LogP contribution in [0, 0.1) is 10.1 Å². The molecule has 0 amide bonds. The Morgan fingerprint density at radius 1 is 1.32 bits per heavy atom. The first-order chi connectivity index (χ1) is 9.11. The van der Waals surface area contributed by atoms with Crippen molar-refractivity contribution in [1.29, 1.82) is 0 Å². The van der Waals surface area contributed by atoms with Crippen molar-refractivity contribution in [1.82, 2.24) is 9.97 Å². The summed E-state index contributed by atoms with van der Waals surface area (Å²) in [7, 11) is 0. The van der Waals surface area contributed by atoms with Crippen LogP contribution in [0.1, 0.15) is 12.5 Å². The van der Waals surface area contributed by atoms with Crippen molar-refractivity contribution in [3.8, 4) is 0 Å². The van der Waals surface area contributed by atoms with E-state index in [0.29, 0.717) is 5.69 Å². The number of aromatic nitrogens is 2.